The molecular weight excluding hydrogens is 279 g/mol. The van der Waals surface area contributed by atoms with E-state index in [1.807, 2.05) is 16.7 Å². The Hall–Kier alpha value is -1.94. The SMILES string of the molecule is O=c1cccc2n1C[C@@H]1C[C@H]2C[NH+](Cc2cccc(F)c2)C1. The average molecular weight is 299 g/mol. The summed E-state index contributed by atoms with van der Waals surface area (Å²) in [6, 6.07) is 12.5. The number of piperidine rings is 1. The lowest BCUT2D eigenvalue weighted by atomic mass is 9.83. The summed E-state index contributed by atoms with van der Waals surface area (Å²) < 4.78 is 15.3. The topological polar surface area (TPSA) is 26.4 Å². The third kappa shape index (κ3) is 2.48. The van der Waals surface area contributed by atoms with Gasteiger partial charge in [-0.1, -0.05) is 18.2 Å². The van der Waals surface area contributed by atoms with E-state index in [0.717, 1.165) is 31.7 Å². The van der Waals surface area contributed by atoms with E-state index in [1.165, 1.54) is 23.1 Å². The Morgan fingerprint density at radius 3 is 2.91 bits per heavy atom. The van der Waals surface area contributed by atoms with Gasteiger partial charge in [-0.3, -0.25) is 4.79 Å². The number of nitrogens with one attached hydrogen (secondary N) is 1. The van der Waals surface area contributed by atoms with E-state index in [-0.39, 0.29) is 11.4 Å². The third-order valence-electron chi connectivity index (χ3n) is 5.02. The lowest BCUT2D eigenvalue weighted by molar-refractivity contribution is -0.924. The zero-order valence-corrected chi connectivity index (χ0v) is 12.5. The lowest BCUT2D eigenvalue weighted by Gasteiger charge is -2.40. The summed E-state index contributed by atoms with van der Waals surface area (Å²) >= 11 is 0. The van der Waals surface area contributed by atoms with Crippen LogP contribution < -0.4 is 10.5 Å². The van der Waals surface area contributed by atoms with Gasteiger partial charge in [0.2, 0.25) is 0 Å². The summed E-state index contributed by atoms with van der Waals surface area (Å²) in [7, 11) is 0. The lowest BCUT2D eigenvalue weighted by Crippen LogP contribution is -3.13. The van der Waals surface area contributed by atoms with Crippen molar-refractivity contribution in [1.82, 2.24) is 4.57 Å². The maximum Gasteiger partial charge on any atom is 0.250 e. The van der Waals surface area contributed by atoms with Crippen LogP contribution in [0.3, 0.4) is 0 Å². The number of quaternary nitrogens is 1. The van der Waals surface area contributed by atoms with Gasteiger partial charge in [0.1, 0.15) is 12.4 Å². The fraction of sp³-hybridized carbons (Fsp3) is 0.389. The van der Waals surface area contributed by atoms with E-state index in [2.05, 4.69) is 6.07 Å². The van der Waals surface area contributed by atoms with Crippen molar-refractivity contribution in [2.45, 2.75) is 25.4 Å². The molecule has 114 valence electrons. The normalized spacial score (nSPS) is 26.5. The Bertz CT molecular complexity index is 755. The third-order valence-corrected chi connectivity index (χ3v) is 5.02. The Labute approximate surface area is 129 Å². The molecule has 2 bridgehead atoms. The number of benzene rings is 1. The molecule has 3 heterocycles. The quantitative estimate of drug-likeness (QED) is 0.886. The van der Waals surface area contributed by atoms with Gasteiger partial charge in [0.05, 0.1) is 13.1 Å². The summed E-state index contributed by atoms with van der Waals surface area (Å²) in [6.07, 6.45) is 1.18. The first kappa shape index (κ1) is 13.7. The number of halogens is 1. The molecule has 0 amide bonds. The second kappa shape index (κ2) is 5.36. The van der Waals surface area contributed by atoms with Crippen molar-refractivity contribution in [2.75, 3.05) is 13.1 Å². The van der Waals surface area contributed by atoms with E-state index in [4.69, 9.17) is 0 Å². The van der Waals surface area contributed by atoms with Gasteiger partial charge in [-0.25, -0.2) is 4.39 Å². The zero-order valence-electron chi connectivity index (χ0n) is 12.5. The van der Waals surface area contributed by atoms with Crippen LogP contribution in [0.15, 0.2) is 47.3 Å². The molecule has 3 nitrogen and oxygen atoms in total. The molecule has 3 atom stereocenters. The maximum absolute atomic E-state index is 13.3. The molecular formula is C18H20FN2O+. The van der Waals surface area contributed by atoms with Crippen LogP contribution in [0.25, 0.3) is 0 Å². The van der Waals surface area contributed by atoms with Gasteiger partial charge in [0, 0.05) is 35.7 Å². The molecule has 0 radical (unpaired) electrons. The van der Waals surface area contributed by atoms with Gasteiger partial charge in [0.25, 0.3) is 5.56 Å². The molecule has 0 saturated carbocycles. The highest BCUT2D eigenvalue weighted by molar-refractivity contribution is 5.17. The van der Waals surface area contributed by atoms with Crippen LogP contribution in [0.2, 0.25) is 0 Å². The molecule has 1 saturated heterocycles. The van der Waals surface area contributed by atoms with Crippen molar-refractivity contribution in [3.8, 4) is 0 Å². The first-order valence-corrected chi connectivity index (χ1v) is 7.97. The van der Waals surface area contributed by atoms with Gasteiger partial charge in [-0.2, -0.15) is 0 Å². The largest absolute Gasteiger partial charge is 0.330 e. The van der Waals surface area contributed by atoms with Crippen LogP contribution in [0.4, 0.5) is 4.39 Å². The van der Waals surface area contributed by atoms with Crippen LogP contribution in [-0.4, -0.2) is 17.7 Å². The van der Waals surface area contributed by atoms with E-state index in [1.54, 1.807) is 18.2 Å². The van der Waals surface area contributed by atoms with Crippen molar-refractivity contribution in [1.29, 1.82) is 0 Å². The number of likely N-dealkylation sites (tertiary alicyclic amines) is 1. The molecule has 2 aromatic rings. The fourth-order valence-electron chi connectivity index (χ4n) is 4.20. The Balaban J connectivity index is 1.57. The number of fused-ring (bicyclic) bond motifs is 4. The second-order valence-corrected chi connectivity index (χ2v) is 6.66. The minimum atomic E-state index is -0.161. The van der Waals surface area contributed by atoms with Crippen LogP contribution >= 0.6 is 0 Å². The highest BCUT2D eigenvalue weighted by Crippen LogP contribution is 2.30. The van der Waals surface area contributed by atoms with E-state index in [0.29, 0.717) is 11.8 Å². The average Bonchev–Trinajstić information content (AvgIpc) is 2.48. The molecule has 0 aliphatic carbocycles. The van der Waals surface area contributed by atoms with Crippen molar-refractivity contribution in [3.05, 3.63) is 69.9 Å². The molecule has 1 unspecified atom stereocenters. The van der Waals surface area contributed by atoms with Gasteiger partial charge >= 0.3 is 0 Å². The second-order valence-electron chi connectivity index (χ2n) is 6.66. The van der Waals surface area contributed by atoms with E-state index in [9.17, 15) is 9.18 Å². The van der Waals surface area contributed by atoms with Gasteiger partial charge in [0.15, 0.2) is 0 Å². The van der Waals surface area contributed by atoms with E-state index >= 15 is 0 Å². The van der Waals surface area contributed by atoms with Crippen LogP contribution in [0.5, 0.6) is 0 Å². The number of hydrogen-bond donors (Lipinski definition) is 1. The van der Waals surface area contributed by atoms with Crippen molar-refractivity contribution in [2.24, 2.45) is 5.92 Å². The standard InChI is InChI=1S/C18H19FN2O/c19-16-4-1-3-13(8-16)9-20-10-14-7-15(12-20)17-5-2-6-18(22)21(17)11-14/h1-6,8,14-15H,7,9-12H2/p+1/t14-,15+/m1/s1. The Kier molecular flexibility index (Phi) is 3.34. The Morgan fingerprint density at radius 1 is 1.18 bits per heavy atom. The summed E-state index contributed by atoms with van der Waals surface area (Å²) in [4.78, 5) is 13.5. The minimum absolute atomic E-state index is 0.126. The molecule has 0 spiro atoms. The van der Waals surface area contributed by atoms with Crippen molar-refractivity contribution < 1.29 is 9.29 Å². The fourth-order valence-corrected chi connectivity index (χ4v) is 4.20. The van der Waals surface area contributed by atoms with Crippen molar-refractivity contribution >= 4 is 0 Å². The molecule has 1 aromatic heterocycles. The summed E-state index contributed by atoms with van der Waals surface area (Å²) in [6.45, 7) is 3.78. The van der Waals surface area contributed by atoms with Crippen molar-refractivity contribution in [3.63, 3.8) is 0 Å². The minimum Gasteiger partial charge on any atom is -0.330 e. The molecule has 2 aliphatic heterocycles. The summed E-state index contributed by atoms with van der Waals surface area (Å²) in [5, 5.41) is 0. The molecule has 22 heavy (non-hydrogen) atoms. The van der Waals surface area contributed by atoms with E-state index < -0.39 is 0 Å². The highest BCUT2D eigenvalue weighted by atomic mass is 19.1. The smallest absolute Gasteiger partial charge is 0.250 e. The highest BCUT2D eigenvalue weighted by Gasteiger charge is 2.36. The first-order chi connectivity index (χ1) is 10.7. The molecule has 1 fully saturated rings. The number of rotatable bonds is 2. The van der Waals surface area contributed by atoms with Gasteiger partial charge in [-0.05, 0) is 24.6 Å². The maximum atomic E-state index is 13.3. The predicted octanol–water partition coefficient (Wildman–Crippen LogP) is 1.19. The first-order valence-electron chi connectivity index (χ1n) is 7.97. The molecule has 4 heteroatoms. The number of pyridine rings is 1. The Morgan fingerprint density at radius 2 is 2.05 bits per heavy atom. The summed E-state index contributed by atoms with van der Waals surface area (Å²) in [5.74, 6) is 0.839. The van der Waals surface area contributed by atoms with Gasteiger partial charge in [-0.15, -0.1) is 0 Å². The zero-order chi connectivity index (χ0) is 15.1. The van der Waals surface area contributed by atoms with Crippen LogP contribution in [0, 0.1) is 11.7 Å². The number of nitrogens with zero attached hydrogens (tertiary/aromatic N) is 1. The molecule has 4 rings (SSSR count). The van der Waals surface area contributed by atoms with Gasteiger partial charge < -0.3 is 9.47 Å². The van der Waals surface area contributed by atoms with Crippen LogP contribution in [-0.2, 0) is 13.1 Å². The predicted molar refractivity (Wildman–Crippen MR) is 82.4 cm³/mol. The summed E-state index contributed by atoms with van der Waals surface area (Å²) in [5.41, 5.74) is 2.36. The molecule has 2 aliphatic rings. The number of hydrogen-bond acceptors (Lipinski definition) is 1. The molecule has 1 aromatic carbocycles. The monoisotopic (exact) mass is 299 g/mol. The van der Waals surface area contributed by atoms with Crippen LogP contribution in [0.1, 0.15) is 23.6 Å². The molecule has 1 N–H and O–H groups in total. The number of aromatic nitrogens is 1.